The Morgan fingerprint density at radius 2 is 2.00 bits per heavy atom. The van der Waals surface area contributed by atoms with Crippen LogP contribution in [0.25, 0.3) is 0 Å². The summed E-state index contributed by atoms with van der Waals surface area (Å²) in [6, 6.07) is 6.74. The summed E-state index contributed by atoms with van der Waals surface area (Å²) in [5.74, 6) is 0.315. The number of allylic oxidation sites excluding steroid dienone is 1. The van der Waals surface area contributed by atoms with Crippen molar-refractivity contribution in [1.29, 1.82) is 0 Å². The smallest absolute Gasteiger partial charge is 0.123 e. The molecule has 0 aliphatic rings. The van der Waals surface area contributed by atoms with Gasteiger partial charge in [-0.1, -0.05) is 25.1 Å². The minimum absolute atomic E-state index is 0.169. The molecule has 0 heterocycles. The maximum absolute atomic E-state index is 12.6. The first kappa shape index (κ1) is 9.97. The van der Waals surface area contributed by atoms with E-state index in [0.717, 1.165) is 12.8 Å². The number of rotatable bonds is 4. The fourth-order valence-corrected chi connectivity index (χ4v) is 1.47. The minimum atomic E-state index is -0.169. The van der Waals surface area contributed by atoms with Crippen molar-refractivity contribution in [2.45, 2.75) is 25.7 Å². The van der Waals surface area contributed by atoms with E-state index >= 15 is 0 Å². The van der Waals surface area contributed by atoms with E-state index in [-0.39, 0.29) is 5.82 Å². The lowest BCUT2D eigenvalue weighted by molar-refractivity contribution is 0.622. The molecule has 0 nitrogen and oxygen atoms in total. The standard InChI is InChI=1S/C12H15F/c1-3-5-10(4-2)11-6-8-12(13)9-7-11/h3,6-10H,1,4-5H2,2H3. The van der Waals surface area contributed by atoms with Gasteiger partial charge in [0.25, 0.3) is 0 Å². The van der Waals surface area contributed by atoms with Gasteiger partial charge >= 0.3 is 0 Å². The van der Waals surface area contributed by atoms with Gasteiger partial charge in [0.1, 0.15) is 5.82 Å². The van der Waals surface area contributed by atoms with E-state index in [9.17, 15) is 4.39 Å². The monoisotopic (exact) mass is 178 g/mol. The average Bonchev–Trinajstić information content (AvgIpc) is 2.16. The van der Waals surface area contributed by atoms with E-state index in [2.05, 4.69) is 13.5 Å². The zero-order valence-electron chi connectivity index (χ0n) is 7.96. The first-order chi connectivity index (χ1) is 6.27. The van der Waals surface area contributed by atoms with Crippen LogP contribution < -0.4 is 0 Å². The van der Waals surface area contributed by atoms with Crippen molar-refractivity contribution in [3.63, 3.8) is 0 Å². The Morgan fingerprint density at radius 3 is 2.46 bits per heavy atom. The van der Waals surface area contributed by atoms with Gasteiger partial charge in [0, 0.05) is 0 Å². The predicted octanol–water partition coefficient (Wildman–Crippen LogP) is 3.90. The topological polar surface area (TPSA) is 0 Å². The lowest BCUT2D eigenvalue weighted by atomic mass is 9.93. The summed E-state index contributed by atoms with van der Waals surface area (Å²) in [6.45, 7) is 5.85. The second-order valence-electron chi connectivity index (χ2n) is 3.18. The Bertz CT molecular complexity index is 261. The highest BCUT2D eigenvalue weighted by Gasteiger charge is 2.06. The Balaban J connectivity index is 2.78. The molecule has 70 valence electrons. The zero-order chi connectivity index (χ0) is 9.68. The van der Waals surface area contributed by atoms with E-state index in [4.69, 9.17) is 0 Å². The molecule has 0 amide bonds. The molecule has 1 unspecified atom stereocenters. The summed E-state index contributed by atoms with van der Waals surface area (Å²) in [4.78, 5) is 0. The number of benzene rings is 1. The van der Waals surface area contributed by atoms with Crippen LogP contribution in [0, 0.1) is 5.82 Å². The highest BCUT2D eigenvalue weighted by atomic mass is 19.1. The van der Waals surface area contributed by atoms with Crippen LogP contribution in [0.2, 0.25) is 0 Å². The zero-order valence-corrected chi connectivity index (χ0v) is 7.96. The summed E-state index contributed by atoms with van der Waals surface area (Å²) < 4.78 is 12.6. The summed E-state index contributed by atoms with van der Waals surface area (Å²) in [7, 11) is 0. The van der Waals surface area contributed by atoms with Crippen LogP contribution in [0.1, 0.15) is 31.2 Å². The van der Waals surface area contributed by atoms with Crippen LogP contribution in [0.4, 0.5) is 4.39 Å². The summed E-state index contributed by atoms with van der Waals surface area (Å²) in [6.07, 6.45) is 3.94. The molecule has 0 aliphatic carbocycles. The van der Waals surface area contributed by atoms with Crippen molar-refractivity contribution in [2.24, 2.45) is 0 Å². The lowest BCUT2D eigenvalue weighted by Crippen LogP contribution is -1.95. The van der Waals surface area contributed by atoms with Crippen LogP contribution in [0.5, 0.6) is 0 Å². The van der Waals surface area contributed by atoms with Gasteiger partial charge < -0.3 is 0 Å². The van der Waals surface area contributed by atoms with E-state index in [1.165, 1.54) is 17.7 Å². The van der Waals surface area contributed by atoms with Gasteiger partial charge in [0.2, 0.25) is 0 Å². The summed E-state index contributed by atoms with van der Waals surface area (Å²) in [5, 5.41) is 0. The molecule has 0 aromatic heterocycles. The molecule has 0 aliphatic heterocycles. The highest BCUT2D eigenvalue weighted by Crippen LogP contribution is 2.23. The molecular weight excluding hydrogens is 163 g/mol. The molecule has 0 saturated carbocycles. The van der Waals surface area contributed by atoms with Gasteiger partial charge in [0.05, 0.1) is 0 Å². The number of hydrogen-bond donors (Lipinski definition) is 0. The van der Waals surface area contributed by atoms with Crippen molar-refractivity contribution in [2.75, 3.05) is 0 Å². The largest absolute Gasteiger partial charge is 0.207 e. The second-order valence-corrected chi connectivity index (χ2v) is 3.18. The molecule has 0 radical (unpaired) electrons. The molecule has 1 aromatic rings. The molecule has 1 heteroatoms. The molecule has 0 spiro atoms. The average molecular weight is 178 g/mol. The Labute approximate surface area is 79.1 Å². The van der Waals surface area contributed by atoms with E-state index < -0.39 is 0 Å². The second kappa shape index (κ2) is 4.80. The van der Waals surface area contributed by atoms with Gasteiger partial charge in [0.15, 0.2) is 0 Å². The van der Waals surface area contributed by atoms with Crippen molar-refractivity contribution in [3.05, 3.63) is 48.3 Å². The molecule has 0 bridgehead atoms. The minimum Gasteiger partial charge on any atom is -0.207 e. The molecule has 1 rings (SSSR count). The van der Waals surface area contributed by atoms with Gasteiger partial charge in [-0.2, -0.15) is 0 Å². The third-order valence-corrected chi connectivity index (χ3v) is 2.29. The fraction of sp³-hybridized carbons (Fsp3) is 0.333. The first-order valence-electron chi connectivity index (χ1n) is 4.64. The van der Waals surface area contributed by atoms with Crippen molar-refractivity contribution >= 4 is 0 Å². The molecular formula is C12H15F. The van der Waals surface area contributed by atoms with Crippen molar-refractivity contribution in [3.8, 4) is 0 Å². The molecule has 1 atom stereocenters. The van der Waals surface area contributed by atoms with Crippen molar-refractivity contribution < 1.29 is 4.39 Å². The van der Waals surface area contributed by atoms with Crippen LogP contribution in [0.15, 0.2) is 36.9 Å². The summed E-state index contributed by atoms with van der Waals surface area (Å²) >= 11 is 0. The molecule has 13 heavy (non-hydrogen) atoms. The normalized spacial score (nSPS) is 12.5. The van der Waals surface area contributed by atoms with E-state index in [0.29, 0.717) is 5.92 Å². The SMILES string of the molecule is C=CCC(CC)c1ccc(F)cc1. The van der Waals surface area contributed by atoms with E-state index in [1.807, 2.05) is 18.2 Å². The van der Waals surface area contributed by atoms with Gasteiger partial charge in [-0.15, -0.1) is 6.58 Å². The fourth-order valence-electron chi connectivity index (χ4n) is 1.47. The number of halogens is 1. The predicted molar refractivity (Wildman–Crippen MR) is 54.2 cm³/mol. The quantitative estimate of drug-likeness (QED) is 0.613. The van der Waals surface area contributed by atoms with E-state index in [1.54, 1.807) is 0 Å². The van der Waals surface area contributed by atoms with Gasteiger partial charge in [-0.25, -0.2) is 4.39 Å². The maximum Gasteiger partial charge on any atom is 0.123 e. The maximum atomic E-state index is 12.6. The van der Waals surface area contributed by atoms with Gasteiger partial charge in [-0.05, 0) is 36.5 Å². The molecule has 0 saturated heterocycles. The summed E-state index contributed by atoms with van der Waals surface area (Å²) in [5.41, 5.74) is 1.20. The van der Waals surface area contributed by atoms with Crippen molar-refractivity contribution in [1.82, 2.24) is 0 Å². The first-order valence-corrected chi connectivity index (χ1v) is 4.64. The molecule has 0 N–H and O–H groups in total. The molecule has 1 aromatic carbocycles. The number of hydrogen-bond acceptors (Lipinski definition) is 0. The Hall–Kier alpha value is -1.11. The highest BCUT2D eigenvalue weighted by molar-refractivity contribution is 5.20. The van der Waals surface area contributed by atoms with Crippen LogP contribution in [-0.2, 0) is 0 Å². The lowest BCUT2D eigenvalue weighted by Gasteiger charge is -2.12. The Kier molecular flexibility index (Phi) is 3.69. The van der Waals surface area contributed by atoms with Crippen LogP contribution in [0.3, 0.4) is 0 Å². The van der Waals surface area contributed by atoms with Crippen LogP contribution >= 0.6 is 0 Å². The molecule has 0 fully saturated rings. The third kappa shape index (κ3) is 2.69. The van der Waals surface area contributed by atoms with Gasteiger partial charge in [-0.3, -0.25) is 0 Å². The van der Waals surface area contributed by atoms with Crippen LogP contribution in [-0.4, -0.2) is 0 Å². The third-order valence-electron chi connectivity index (χ3n) is 2.29. The Morgan fingerprint density at radius 1 is 1.38 bits per heavy atom.